The maximum absolute atomic E-state index is 12.9. The van der Waals surface area contributed by atoms with E-state index in [-0.39, 0.29) is 11.9 Å². The van der Waals surface area contributed by atoms with Crippen LogP contribution in [0.1, 0.15) is 55.0 Å². The van der Waals surface area contributed by atoms with Crippen molar-refractivity contribution < 1.29 is 14.3 Å². The minimum absolute atomic E-state index is 0.0571. The van der Waals surface area contributed by atoms with Crippen LogP contribution in [-0.4, -0.2) is 19.1 Å². The van der Waals surface area contributed by atoms with Crippen LogP contribution in [0.4, 0.5) is 0 Å². The fourth-order valence-corrected chi connectivity index (χ4v) is 3.13. The second-order valence-electron chi connectivity index (χ2n) is 6.91. The Balaban J connectivity index is 2.14. The summed E-state index contributed by atoms with van der Waals surface area (Å²) in [5.74, 6) is 1.54. The molecular weight excluding hydrogens is 338 g/mol. The van der Waals surface area contributed by atoms with Crippen molar-refractivity contribution in [3.63, 3.8) is 0 Å². The SMILES string of the molecule is CC[C@H](Oc1cccc(C)c1C)C(=O)N[C@H](CC)c1ccc(OC)c(C)c1. The summed E-state index contributed by atoms with van der Waals surface area (Å²) >= 11 is 0. The average molecular weight is 370 g/mol. The molecule has 0 radical (unpaired) electrons. The fraction of sp³-hybridized carbons (Fsp3) is 0.435. The van der Waals surface area contributed by atoms with Crippen LogP contribution in [0.2, 0.25) is 0 Å². The monoisotopic (exact) mass is 369 g/mol. The quantitative estimate of drug-likeness (QED) is 0.709. The van der Waals surface area contributed by atoms with Crippen molar-refractivity contribution in [2.24, 2.45) is 0 Å². The minimum Gasteiger partial charge on any atom is -0.496 e. The van der Waals surface area contributed by atoms with Crippen LogP contribution in [0, 0.1) is 20.8 Å². The van der Waals surface area contributed by atoms with E-state index in [1.165, 1.54) is 0 Å². The number of amides is 1. The molecular formula is C23H31NO3. The number of carbonyl (C=O) groups is 1. The Labute approximate surface area is 162 Å². The van der Waals surface area contributed by atoms with Crippen LogP contribution in [0.3, 0.4) is 0 Å². The lowest BCUT2D eigenvalue weighted by molar-refractivity contribution is -0.129. The summed E-state index contributed by atoms with van der Waals surface area (Å²) in [7, 11) is 1.66. The molecule has 27 heavy (non-hydrogen) atoms. The van der Waals surface area contributed by atoms with E-state index in [9.17, 15) is 4.79 Å². The van der Waals surface area contributed by atoms with E-state index >= 15 is 0 Å². The molecule has 2 rings (SSSR count). The van der Waals surface area contributed by atoms with Crippen molar-refractivity contribution in [1.29, 1.82) is 0 Å². The molecule has 0 fully saturated rings. The average Bonchev–Trinajstić information content (AvgIpc) is 2.67. The largest absolute Gasteiger partial charge is 0.496 e. The van der Waals surface area contributed by atoms with Crippen molar-refractivity contribution in [1.82, 2.24) is 5.32 Å². The molecule has 4 heteroatoms. The van der Waals surface area contributed by atoms with Gasteiger partial charge < -0.3 is 14.8 Å². The van der Waals surface area contributed by atoms with Crippen LogP contribution >= 0.6 is 0 Å². The molecule has 0 saturated heterocycles. The Morgan fingerprint density at radius 1 is 1.00 bits per heavy atom. The Morgan fingerprint density at radius 2 is 1.74 bits per heavy atom. The van der Waals surface area contributed by atoms with Gasteiger partial charge in [0.1, 0.15) is 11.5 Å². The lowest BCUT2D eigenvalue weighted by Crippen LogP contribution is -2.40. The third-order valence-corrected chi connectivity index (χ3v) is 5.03. The van der Waals surface area contributed by atoms with Gasteiger partial charge in [0.15, 0.2) is 6.10 Å². The van der Waals surface area contributed by atoms with Crippen LogP contribution in [0.15, 0.2) is 36.4 Å². The highest BCUT2D eigenvalue weighted by Crippen LogP contribution is 2.25. The van der Waals surface area contributed by atoms with Gasteiger partial charge >= 0.3 is 0 Å². The zero-order valence-electron chi connectivity index (χ0n) is 17.3. The first-order valence-corrected chi connectivity index (χ1v) is 9.59. The van der Waals surface area contributed by atoms with Gasteiger partial charge in [-0.05, 0) is 68.0 Å². The van der Waals surface area contributed by atoms with Gasteiger partial charge in [-0.15, -0.1) is 0 Å². The summed E-state index contributed by atoms with van der Waals surface area (Å²) in [5, 5.41) is 3.15. The van der Waals surface area contributed by atoms with Gasteiger partial charge in [-0.3, -0.25) is 4.79 Å². The number of hydrogen-bond donors (Lipinski definition) is 1. The van der Waals surface area contributed by atoms with Crippen molar-refractivity contribution in [2.45, 2.75) is 59.6 Å². The summed E-state index contributed by atoms with van der Waals surface area (Å²) in [6.07, 6.45) is 0.897. The third-order valence-electron chi connectivity index (χ3n) is 5.03. The Kier molecular flexibility index (Phi) is 7.28. The molecule has 0 heterocycles. The van der Waals surface area contributed by atoms with E-state index in [4.69, 9.17) is 9.47 Å². The predicted octanol–water partition coefficient (Wildman–Crippen LogP) is 5.05. The molecule has 0 aliphatic heterocycles. The summed E-state index contributed by atoms with van der Waals surface area (Å²) in [4.78, 5) is 12.9. The first-order valence-electron chi connectivity index (χ1n) is 9.59. The Hall–Kier alpha value is -2.49. The third kappa shape index (κ3) is 5.03. The molecule has 146 valence electrons. The maximum Gasteiger partial charge on any atom is 0.261 e. The summed E-state index contributed by atoms with van der Waals surface area (Å²) in [6, 6.07) is 11.9. The molecule has 2 aromatic rings. The van der Waals surface area contributed by atoms with Gasteiger partial charge in [-0.2, -0.15) is 0 Å². The number of carbonyl (C=O) groups excluding carboxylic acids is 1. The van der Waals surface area contributed by atoms with E-state index in [0.29, 0.717) is 6.42 Å². The number of rotatable bonds is 8. The van der Waals surface area contributed by atoms with E-state index < -0.39 is 6.10 Å². The molecule has 1 N–H and O–H groups in total. The summed E-state index contributed by atoms with van der Waals surface area (Å²) in [6.45, 7) is 10.1. The van der Waals surface area contributed by atoms with Crippen molar-refractivity contribution in [2.75, 3.05) is 7.11 Å². The zero-order valence-corrected chi connectivity index (χ0v) is 17.3. The normalized spacial score (nSPS) is 13.0. The molecule has 2 aromatic carbocycles. The van der Waals surface area contributed by atoms with Crippen LogP contribution in [-0.2, 0) is 4.79 Å². The highest BCUT2D eigenvalue weighted by Gasteiger charge is 2.23. The highest BCUT2D eigenvalue weighted by molar-refractivity contribution is 5.81. The van der Waals surface area contributed by atoms with Gasteiger partial charge in [0.2, 0.25) is 0 Å². The van der Waals surface area contributed by atoms with Gasteiger partial charge in [0.25, 0.3) is 5.91 Å². The number of ether oxygens (including phenoxy) is 2. The van der Waals surface area contributed by atoms with Crippen LogP contribution < -0.4 is 14.8 Å². The second-order valence-corrected chi connectivity index (χ2v) is 6.91. The Morgan fingerprint density at radius 3 is 2.33 bits per heavy atom. The first-order chi connectivity index (χ1) is 12.9. The van der Waals surface area contributed by atoms with E-state index in [2.05, 4.69) is 18.3 Å². The number of nitrogens with one attached hydrogen (secondary N) is 1. The smallest absolute Gasteiger partial charge is 0.261 e. The zero-order chi connectivity index (χ0) is 20.0. The number of methoxy groups -OCH3 is 1. The van der Waals surface area contributed by atoms with Crippen LogP contribution in [0.5, 0.6) is 11.5 Å². The molecule has 1 amide bonds. The van der Waals surface area contributed by atoms with Gasteiger partial charge in [0.05, 0.1) is 13.2 Å². The molecule has 0 aromatic heterocycles. The van der Waals surface area contributed by atoms with Gasteiger partial charge in [-0.1, -0.05) is 38.1 Å². The molecule has 0 spiro atoms. The number of hydrogen-bond acceptors (Lipinski definition) is 3. The van der Waals surface area contributed by atoms with E-state index in [0.717, 1.165) is 40.2 Å². The Bertz CT molecular complexity index is 785. The molecule has 0 unspecified atom stereocenters. The lowest BCUT2D eigenvalue weighted by Gasteiger charge is -2.24. The fourth-order valence-electron chi connectivity index (χ4n) is 3.13. The molecule has 2 atom stereocenters. The van der Waals surface area contributed by atoms with E-state index in [1.807, 2.05) is 58.0 Å². The lowest BCUT2D eigenvalue weighted by atomic mass is 10.0. The number of benzene rings is 2. The second kappa shape index (κ2) is 9.45. The molecule has 0 aliphatic carbocycles. The van der Waals surface area contributed by atoms with Gasteiger partial charge in [-0.25, -0.2) is 0 Å². The van der Waals surface area contributed by atoms with Crippen LogP contribution in [0.25, 0.3) is 0 Å². The van der Waals surface area contributed by atoms with Crippen molar-refractivity contribution in [3.05, 3.63) is 58.7 Å². The topological polar surface area (TPSA) is 47.6 Å². The first kappa shape index (κ1) is 20.8. The van der Waals surface area contributed by atoms with E-state index in [1.54, 1.807) is 7.11 Å². The standard InChI is InChI=1S/C23H31NO3/c1-7-19(18-12-13-21(26-6)16(4)14-18)24-23(25)20(8-2)27-22-11-9-10-15(3)17(22)5/h9-14,19-20H,7-8H2,1-6H3,(H,24,25)/t19-,20+/m1/s1. The van der Waals surface area contributed by atoms with Gasteiger partial charge in [0, 0.05) is 0 Å². The van der Waals surface area contributed by atoms with Crippen molar-refractivity contribution in [3.8, 4) is 11.5 Å². The molecule has 0 aliphatic rings. The molecule has 0 bridgehead atoms. The maximum atomic E-state index is 12.9. The molecule has 0 saturated carbocycles. The predicted molar refractivity (Wildman–Crippen MR) is 110 cm³/mol. The summed E-state index contributed by atoms with van der Waals surface area (Å²) < 4.78 is 11.4. The highest BCUT2D eigenvalue weighted by atomic mass is 16.5. The number of aryl methyl sites for hydroxylation is 2. The minimum atomic E-state index is -0.515. The molecule has 4 nitrogen and oxygen atoms in total. The summed E-state index contributed by atoms with van der Waals surface area (Å²) in [5.41, 5.74) is 4.36. The van der Waals surface area contributed by atoms with Crippen molar-refractivity contribution >= 4 is 5.91 Å².